The molecule has 3 aromatic rings. The molecule has 0 spiro atoms. The summed E-state index contributed by atoms with van der Waals surface area (Å²) in [6, 6.07) is 8.26. The molecule has 0 saturated carbocycles. The van der Waals surface area contributed by atoms with Crippen LogP contribution < -0.4 is 10.6 Å². The van der Waals surface area contributed by atoms with Gasteiger partial charge in [-0.25, -0.2) is 9.97 Å². The maximum absolute atomic E-state index is 5.74. The molecule has 8 heteroatoms. The Morgan fingerprint density at radius 2 is 2.10 bits per heavy atom. The summed E-state index contributed by atoms with van der Waals surface area (Å²) in [6.07, 6.45) is 12.7. The number of aromatic nitrogens is 3. The molecule has 0 aromatic carbocycles. The van der Waals surface area contributed by atoms with E-state index in [0.29, 0.717) is 6.54 Å². The lowest BCUT2D eigenvalue weighted by atomic mass is 10.1. The van der Waals surface area contributed by atoms with Crippen LogP contribution in [-0.2, 0) is 6.54 Å². The van der Waals surface area contributed by atoms with E-state index in [4.69, 9.17) is 4.42 Å². The van der Waals surface area contributed by atoms with Crippen molar-refractivity contribution in [2.45, 2.75) is 31.8 Å². The Kier molecular flexibility index (Phi) is 6.76. The first-order chi connectivity index (χ1) is 14.8. The molecular formula is C22H29N7O. The third-order valence-electron chi connectivity index (χ3n) is 5.43. The smallest absolute Gasteiger partial charge is 0.191 e. The Labute approximate surface area is 177 Å². The zero-order valence-corrected chi connectivity index (χ0v) is 17.4. The van der Waals surface area contributed by atoms with Gasteiger partial charge in [-0.05, 0) is 55.8 Å². The van der Waals surface area contributed by atoms with Gasteiger partial charge in [-0.2, -0.15) is 0 Å². The maximum atomic E-state index is 5.74. The number of hydrogen-bond donors (Lipinski definition) is 2. The highest BCUT2D eigenvalue weighted by atomic mass is 16.3. The van der Waals surface area contributed by atoms with Crippen molar-refractivity contribution in [1.82, 2.24) is 30.1 Å². The number of imidazole rings is 1. The van der Waals surface area contributed by atoms with Crippen molar-refractivity contribution in [3.05, 3.63) is 66.8 Å². The van der Waals surface area contributed by atoms with Gasteiger partial charge in [-0.3, -0.25) is 14.5 Å². The van der Waals surface area contributed by atoms with Crippen LogP contribution in [0.2, 0.25) is 0 Å². The highest BCUT2D eigenvalue weighted by molar-refractivity contribution is 5.79. The van der Waals surface area contributed by atoms with E-state index >= 15 is 0 Å². The minimum Gasteiger partial charge on any atom is -0.468 e. The lowest BCUT2D eigenvalue weighted by molar-refractivity contribution is 0.146. The van der Waals surface area contributed by atoms with E-state index in [1.807, 2.05) is 35.2 Å². The Morgan fingerprint density at radius 3 is 2.83 bits per heavy atom. The molecule has 1 saturated heterocycles. The average molecular weight is 408 g/mol. The average Bonchev–Trinajstić information content (AvgIpc) is 3.52. The molecule has 1 fully saturated rings. The van der Waals surface area contributed by atoms with Crippen molar-refractivity contribution in [2.75, 3.05) is 26.7 Å². The Balaban J connectivity index is 1.35. The Morgan fingerprint density at radius 1 is 1.20 bits per heavy atom. The van der Waals surface area contributed by atoms with Gasteiger partial charge in [0.1, 0.15) is 17.9 Å². The fourth-order valence-electron chi connectivity index (χ4n) is 3.83. The zero-order valence-electron chi connectivity index (χ0n) is 17.4. The van der Waals surface area contributed by atoms with Gasteiger partial charge in [-0.15, -0.1) is 0 Å². The molecule has 4 rings (SSSR count). The Hall–Kier alpha value is -3.13. The van der Waals surface area contributed by atoms with Gasteiger partial charge < -0.3 is 15.1 Å². The number of guanidine groups is 1. The van der Waals surface area contributed by atoms with E-state index in [-0.39, 0.29) is 6.04 Å². The summed E-state index contributed by atoms with van der Waals surface area (Å²) < 4.78 is 7.63. The van der Waals surface area contributed by atoms with Crippen LogP contribution in [0.5, 0.6) is 0 Å². The topological polar surface area (TPSA) is 83.5 Å². The van der Waals surface area contributed by atoms with E-state index < -0.39 is 0 Å². The fraction of sp³-hybridized carbons (Fsp3) is 0.409. The van der Waals surface area contributed by atoms with Gasteiger partial charge in [0.05, 0.1) is 12.3 Å². The number of furan rings is 1. The summed E-state index contributed by atoms with van der Waals surface area (Å²) >= 11 is 0. The van der Waals surface area contributed by atoms with Gasteiger partial charge in [0.25, 0.3) is 0 Å². The normalized spacial score (nSPS) is 16.4. The molecule has 0 amide bonds. The van der Waals surface area contributed by atoms with Crippen molar-refractivity contribution in [1.29, 1.82) is 0 Å². The van der Waals surface area contributed by atoms with Crippen molar-refractivity contribution >= 4 is 5.96 Å². The van der Waals surface area contributed by atoms with Crippen LogP contribution >= 0.6 is 0 Å². The van der Waals surface area contributed by atoms with Crippen LogP contribution in [-0.4, -0.2) is 52.1 Å². The molecule has 1 unspecified atom stereocenters. The van der Waals surface area contributed by atoms with Crippen molar-refractivity contribution in [3.63, 3.8) is 0 Å². The SMILES string of the molecule is CN=C(NCc1ccnc(-n2ccnc2)c1)NCC(c1ccco1)N1CCCCC1. The van der Waals surface area contributed by atoms with E-state index in [1.54, 1.807) is 25.8 Å². The summed E-state index contributed by atoms with van der Waals surface area (Å²) in [5.74, 6) is 2.61. The molecule has 158 valence electrons. The van der Waals surface area contributed by atoms with Gasteiger partial charge in [-0.1, -0.05) is 6.42 Å². The predicted octanol–water partition coefficient (Wildman–Crippen LogP) is 2.75. The van der Waals surface area contributed by atoms with Crippen LogP contribution in [0.15, 0.2) is 64.9 Å². The highest BCUT2D eigenvalue weighted by Crippen LogP contribution is 2.24. The van der Waals surface area contributed by atoms with Crippen molar-refractivity contribution < 1.29 is 4.42 Å². The molecule has 8 nitrogen and oxygen atoms in total. The molecule has 0 radical (unpaired) electrons. The van der Waals surface area contributed by atoms with Crippen LogP contribution in [0.4, 0.5) is 0 Å². The Bertz CT molecular complexity index is 915. The quantitative estimate of drug-likeness (QED) is 0.463. The summed E-state index contributed by atoms with van der Waals surface area (Å²) in [4.78, 5) is 15.4. The van der Waals surface area contributed by atoms with Gasteiger partial charge in [0.2, 0.25) is 0 Å². The third-order valence-corrected chi connectivity index (χ3v) is 5.43. The molecule has 1 aliphatic heterocycles. The zero-order chi connectivity index (χ0) is 20.6. The van der Waals surface area contributed by atoms with E-state index in [1.165, 1.54) is 19.3 Å². The van der Waals surface area contributed by atoms with E-state index in [9.17, 15) is 0 Å². The second kappa shape index (κ2) is 10.1. The second-order valence-electron chi connectivity index (χ2n) is 7.43. The van der Waals surface area contributed by atoms with Crippen molar-refractivity contribution in [2.24, 2.45) is 4.99 Å². The first-order valence-electron chi connectivity index (χ1n) is 10.5. The summed E-state index contributed by atoms with van der Waals surface area (Å²) in [5, 5.41) is 6.87. The standard InChI is InChI=1S/C22H29N7O/c1-23-22(26-15-18-7-8-25-21(14-18)29-12-9-24-17-29)27-16-19(20-6-5-13-30-20)28-10-3-2-4-11-28/h5-9,12-14,17,19H,2-4,10-11,15-16H2,1H3,(H2,23,26,27). The van der Waals surface area contributed by atoms with Crippen LogP contribution in [0.1, 0.15) is 36.6 Å². The monoisotopic (exact) mass is 407 g/mol. The van der Waals surface area contributed by atoms with Gasteiger partial charge >= 0.3 is 0 Å². The molecule has 4 heterocycles. The lowest BCUT2D eigenvalue weighted by Crippen LogP contribution is -2.44. The molecule has 3 aromatic heterocycles. The molecule has 0 bridgehead atoms. The number of pyridine rings is 1. The molecular weight excluding hydrogens is 378 g/mol. The minimum atomic E-state index is 0.201. The highest BCUT2D eigenvalue weighted by Gasteiger charge is 2.24. The van der Waals surface area contributed by atoms with Crippen molar-refractivity contribution in [3.8, 4) is 5.82 Å². The van der Waals surface area contributed by atoms with E-state index in [2.05, 4.69) is 36.6 Å². The summed E-state index contributed by atoms with van der Waals surface area (Å²) in [5.41, 5.74) is 1.12. The van der Waals surface area contributed by atoms with E-state index in [0.717, 1.165) is 42.7 Å². The number of nitrogens with zero attached hydrogens (tertiary/aromatic N) is 5. The second-order valence-corrected chi connectivity index (χ2v) is 7.43. The first-order valence-corrected chi connectivity index (χ1v) is 10.5. The molecule has 1 aliphatic rings. The van der Waals surface area contributed by atoms with Crippen LogP contribution in [0.3, 0.4) is 0 Å². The first kappa shape index (κ1) is 20.2. The van der Waals surface area contributed by atoms with Crippen LogP contribution in [0, 0.1) is 0 Å². The fourth-order valence-corrected chi connectivity index (χ4v) is 3.83. The number of aliphatic imine (C=N–C) groups is 1. The largest absolute Gasteiger partial charge is 0.468 e. The number of hydrogen-bond acceptors (Lipinski definition) is 5. The maximum Gasteiger partial charge on any atom is 0.191 e. The van der Waals surface area contributed by atoms with Gasteiger partial charge in [0, 0.05) is 38.7 Å². The molecule has 1 atom stereocenters. The number of nitrogens with one attached hydrogen (secondary N) is 2. The number of piperidine rings is 1. The molecule has 2 N–H and O–H groups in total. The molecule has 0 aliphatic carbocycles. The predicted molar refractivity (Wildman–Crippen MR) is 116 cm³/mol. The number of likely N-dealkylation sites (tertiary alicyclic amines) is 1. The summed E-state index contributed by atoms with van der Waals surface area (Å²) in [6.45, 7) is 3.60. The minimum absolute atomic E-state index is 0.201. The van der Waals surface area contributed by atoms with Crippen LogP contribution in [0.25, 0.3) is 5.82 Å². The lowest BCUT2D eigenvalue weighted by Gasteiger charge is -2.33. The van der Waals surface area contributed by atoms with Gasteiger partial charge in [0.15, 0.2) is 5.96 Å². The summed E-state index contributed by atoms with van der Waals surface area (Å²) in [7, 11) is 1.79. The molecule has 30 heavy (non-hydrogen) atoms. The number of rotatable bonds is 7. The third kappa shape index (κ3) is 5.07.